The molecule has 3 rings (SSSR count). The fraction of sp³-hybridized carbons (Fsp3) is 0.500. The second-order valence-corrected chi connectivity index (χ2v) is 5.71. The summed E-state index contributed by atoms with van der Waals surface area (Å²) >= 11 is 0. The number of carbonyl (C=O) groups is 2. The van der Waals surface area contributed by atoms with Crippen LogP contribution in [-0.2, 0) is 4.79 Å². The zero-order chi connectivity index (χ0) is 15.4. The van der Waals surface area contributed by atoms with E-state index in [0.29, 0.717) is 29.5 Å². The molecule has 22 heavy (non-hydrogen) atoms. The van der Waals surface area contributed by atoms with Gasteiger partial charge in [-0.2, -0.15) is 0 Å². The van der Waals surface area contributed by atoms with E-state index >= 15 is 0 Å². The first kappa shape index (κ1) is 14.7. The number of rotatable bonds is 5. The monoisotopic (exact) mass is 304 g/mol. The van der Waals surface area contributed by atoms with Crippen LogP contribution in [0.25, 0.3) is 0 Å². The van der Waals surface area contributed by atoms with Crippen LogP contribution in [0.3, 0.4) is 0 Å². The van der Waals surface area contributed by atoms with Crippen molar-refractivity contribution in [3.63, 3.8) is 0 Å². The molecule has 0 bridgehead atoms. The molecule has 0 atom stereocenters. The van der Waals surface area contributed by atoms with Crippen LogP contribution < -0.4 is 20.1 Å². The predicted molar refractivity (Wildman–Crippen MR) is 79.9 cm³/mol. The van der Waals surface area contributed by atoms with Crippen LogP contribution in [0.5, 0.6) is 11.5 Å². The number of nitrogens with one attached hydrogen (secondary N) is 2. The van der Waals surface area contributed by atoms with Crippen molar-refractivity contribution in [2.75, 3.05) is 19.9 Å². The smallest absolute Gasteiger partial charge is 0.251 e. The molecule has 2 N–H and O–H groups in total. The first-order valence-corrected chi connectivity index (χ1v) is 7.67. The summed E-state index contributed by atoms with van der Waals surface area (Å²) in [7, 11) is 0. The third kappa shape index (κ3) is 3.50. The fourth-order valence-corrected chi connectivity index (χ4v) is 2.84. The Kier molecular flexibility index (Phi) is 4.46. The highest BCUT2D eigenvalue weighted by atomic mass is 16.7. The summed E-state index contributed by atoms with van der Waals surface area (Å²) in [6.45, 7) is 0.864. The molecular formula is C16H20N2O4. The molecule has 0 saturated heterocycles. The molecule has 0 radical (unpaired) electrons. The van der Waals surface area contributed by atoms with Crippen LogP contribution in [-0.4, -0.2) is 31.7 Å². The van der Waals surface area contributed by atoms with E-state index in [0.717, 1.165) is 0 Å². The maximum atomic E-state index is 12.0. The van der Waals surface area contributed by atoms with Gasteiger partial charge in [0.2, 0.25) is 12.7 Å². The SMILES string of the molecule is O=C(CNC(=O)c1ccc2c(c1)OCO2)NCC1CCCC1. The van der Waals surface area contributed by atoms with Crippen LogP contribution in [0.1, 0.15) is 36.0 Å². The Morgan fingerprint density at radius 2 is 1.86 bits per heavy atom. The number of ether oxygens (including phenoxy) is 2. The lowest BCUT2D eigenvalue weighted by Gasteiger charge is -2.11. The molecule has 0 aromatic heterocycles. The summed E-state index contributed by atoms with van der Waals surface area (Å²) in [5.74, 6) is 1.33. The van der Waals surface area contributed by atoms with Crippen molar-refractivity contribution >= 4 is 11.8 Å². The summed E-state index contributed by atoms with van der Waals surface area (Å²) < 4.78 is 10.4. The van der Waals surface area contributed by atoms with E-state index in [9.17, 15) is 9.59 Å². The van der Waals surface area contributed by atoms with E-state index in [1.54, 1.807) is 18.2 Å². The molecule has 6 heteroatoms. The Balaban J connectivity index is 1.44. The average Bonchev–Trinajstić information content (AvgIpc) is 3.20. The number of fused-ring (bicyclic) bond motifs is 1. The van der Waals surface area contributed by atoms with Crippen molar-refractivity contribution in [1.29, 1.82) is 0 Å². The Bertz CT molecular complexity index is 567. The zero-order valence-corrected chi connectivity index (χ0v) is 12.4. The van der Waals surface area contributed by atoms with Gasteiger partial charge in [0.15, 0.2) is 11.5 Å². The number of hydrogen-bond acceptors (Lipinski definition) is 4. The van der Waals surface area contributed by atoms with Gasteiger partial charge in [-0.25, -0.2) is 0 Å². The molecule has 1 saturated carbocycles. The van der Waals surface area contributed by atoms with Crippen molar-refractivity contribution in [1.82, 2.24) is 10.6 Å². The second-order valence-electron chi connectivity index (χ2n) is 5.71. The van der Waals surface area contributed by atoms with Crippen LogP contribution in [0, 0.1) is 5.92 Å². The Hall–Kier alpha value is -2.24. The highest BCUT2D eigenvalue weighted by Gasteiger charge is 2.18. The summed E-state index contributed by atoms with van der Waals surface area (Å²) in [5.41, 5.74) is 0.452. The fourth-order valence-electron chi connectivity index (χ4n) is 2.84. The summed E-state index contributed by atoms with van der Waals surface area (Å²) in [5, 5.41) is 5.49. The van der Waals surface area contributed by atoms with E-state index in [2.05, 4.69) is 10.6 Å². The largest absolute Gasteiger partial charge is 0.454 e. The van der Waals surface area contributed by atoms with E-state index in [4.69, 9.17) is 9.47 Å². The molecule has 2 amide bonds. The minimum absolute atomic E-state index is 0.0139. The minimum atomic E-state index is -0.297. The molecule has 1 heterocycles. The quantitative estimate of drug-likeness (QED) is 0.863. The third-order valence-electron chi connectivity index (χ3n) is 4.11. The maximum absolute atomic E-state index is 12.0. The van der Waals surface area contributed by atoms with Crippen molar-refractivity contribution in [2.24, 2.45) is 5.92 Å². The van der Waals surface area contributed by atoms with Crippen molar-refractivity contribution in [3.8, 4) is 11.5 Å². The van der Waals surface area contributed by atoms with Gasteiger partial charge in [0.25, 0.3) is 5.91 Å². The molecule has 0 spiro atoms. The van der Waals surface area contributed by atoms with E-state index in [1.165, 1.54) is 25.7 Å². The molecule has 118 valence electrons. The van der Waals surface area contributed by atoms with Crippen LogP contribution in [0.4, 0.5) is 0 Å². The summed E-state index contributed by atoms with van der Waals surface area (Å²) in [6, 6.07) is 4.96. The Morgan fingerprint density at radius 1 is 1.09 bits per heavy atom. The molecule has 1 aromatic carbocycles. The molecule has 1 aliphatic heterocycles. The summed E-state index contributed by atoms with van der Waals surface area (Å²) in [6.07, 6.45) is 4.87. The summed E-state index contributed by atoms with van der Waals surface area (Å²) in [4.78, 5) is 23.8. The standard InChI is InChI=1S/C16H20N2O4/c19-15(17-8-11-3-1-2-4-11)9-18-16(20)12-5-6-13-14(7-12)22-10-21-13/h5-7,11H,1-4,8-10H2,(H,17,19)(H,18,20). The van der Waals surface area contributed by atoms with Crippen molar-refractivity contribution in [3.05, 3.63) is 23.8 Å². The van der Waals surface area contributed by atoms with Gasteiger partial charge in [-0.15, -0.1) is 0 Å². The van der Waals surface area contributed by atoms with Gasteiger partial charge < -0.3 is 20.1 Å². The van der Waals surface area contributed by atoms with Crippen LogP contribution in [0.15, 0.2) is 18.2 Å². The number of amides is 2. The van der Waals surface area contributed by atoms with Gasteiger partial charge in [0, 0.05) is 12.1 Å². The predicted octanol–water partition coefficient (Wildman–Crippen LogP) is 1.45. The maximum Gasteiger partial charge on any atom is 0.251 e. The Labute approximate surface area is 129 Å². The van der Waals surface area contributed by atoms with Gasteiger partial charge in [-0.05, 0) is 37.0 Å². The molecular weight excluding hydrogens is 284 g/mol. The van der Waals surface area contributed by atoms with Crippen LogP contribution in [0.2, 0.25) is 0 Å². The van der Waals surface area contributed by atoms with E-state index in [1.807, 2.05) is 0 Å². The first-order chi connectivity index (χ1) is 10.7. The van der Waals surface area contributed by atoms with Gasteiger partial charge >= 0.3 is 0 Å². The van der Waals surface area contributed by atoms with Gasteiger partial charge in [0.05, 0.1) is 6.54 Å². The lowest BCUT2D eigenvalue weighted by molar-refractivity contribution is -0.120. The van der Waals surface area contributed by atoms with Crippen molar-refractivity contribution < 1.29 is 19.1 Å². The molecule has 0 unspecified atom stereocenters. The highest BCUT2D eigenvalue weighted by molar-refractivity contribution is 5.97. The van der Waals surface area contributed by atoms with E-state index in [-0.39, 0.29) is 25.2 Å². The normalized spacial score (nSPS) is 16.5. The van der Waals surface area contributed by atoms with Gasteiger partial charge in [0.1, 0.15) is 0 Å². The zero-order valence-electron chi connectivity index (χ0n) is 12.4. The lowest BCUT2D eigenvalue weighted by Crippen LogP contribution is -2.38. The molecule has 1 aliphatic carbocycles. The third-order valence-corrected chi connectivity index (χ3v) is 4.11. The van der Waals surface area contributed by atoms with Crippen molar-refractivity contribution in [2.45, 2.75) is 25.7 Å². The average molecular weight is 304 g/mol. The second kappa shape index (κ2) is 6.68. The minimum Gasteiger partial charge on any atom is -0.454 e. The topological polar surface area (TPSA) is 76.7 Å². The Morgan fingerprint density at radius 3 is 2.68 bits per heavy atom. The van der Waals surface area contributed by atoms with Crippen LogP contribution >= 0.6 is 0 Å². The highest BCUT2D eigenvalue weighted by Crippen LogP contribution is 2.32. The lowest BCUT2D eigenvalue weighted by atomic mass is 10.1. The molecule has 6 nitrogen and oxygen atoms in total. The van der Waals surface area contributed by atoms with E-state index < -0.39 is 0 Å². The molecule has 1 fully saturated rings. The number of benzene rings is 1. The number of carbonyl (C=O) groups excluding carboxylic acids is 2. The van der Waals surface area contributed by atoms with Gasteiger partial charge in [-0.3, -0.25) is 9.59 Å². The first-order valence-electron chi connectivity index (χ1n) is 7.67. The van der Waals surface area contributed by atoms with Gasteiger partial charge in [-0.1, -0.05) is 12.8 Å². The molecule has 1 aromatic rings. The molecule has 2 aliphatic rings. The number of hydrogen-bond donors (Lipinski definition) is 2.